The lowest BCUT2D eigenvalue weighted by atomic mass is 10.1. The first-order valence-electron chi connectivity index (χ1n) is 8.61. The van der Waals surface area contributed by atoms with Crippen molar-refractivity contribution in [2.24, 2.45) is 5.92 Å². The van der Waals surface area contributed by atoms with E-state index in [0.29, 0.717) is 16.9 Å². The molecule has 0 aromatic heterocycles. The zero-order valence-electron chi connectivity index (χ0n) is 15.6. The highest BCUT2D eigenvalue weighted by Gasteiger charge is 2.07. The van der Waals surface area contributed by atoms with Crippen LogP contribution in [0.25, 0.3) is 6.08 Å². The predicted octanol–water partition coefficient (Wildman–Crippen LogP) is 3.29. The van der Waals surface area contributed by atoms with Gasteiger partial charge in [-0.3, -0.25) is 14.4 Å². The molecule has 0 atom stereocenters. The minimum absolute atomic E-state index is 0.0847. The second-order valence-electron chi connectivity index (χ2n) is 6.25. The van der Waals surface area contributed by atoms with Gasteiger partial charge >= 0.3 is 0 Å². The van der Waals surface area contributed by atoms with Gasteiger partial charge in [0.1, 0.15) is 0 Å². The van der Waals surface area contributed by atoms with E-state index in [1.165, 1.54) is 6.08 Å². The lowest BCUT2D eigenvalue weighted by Crippen LogP contribution is -2.18. The van der Waals surface area contributed by atoms with Gasteiger partial charge in [0.05, 0.1) is 0 Å². The summed E-state index contributed by atoms with van der Waals surface area (Å²) in [4.78, 5) is 35.4. The van der Waals surface area contributed by atoms with Crippen molar-refractivity contribution in [3.8, 4) is 0 Å². The van der Waals surface area contributed by atoms with Crippen LogP contribution in [0.5, 0.6) is 0 Å². The van der Waals surface area contributed by atoms with Crippen molar-refractivity contribution in [1.82, 2.24) is 5.32 Å². The lowest BCUT2D eigenvalue weighted by molar-refractivity contribution is -0.119. The first-order chi connectivity index (χ1) is 12.9. The number of carbonyl (C=O) groups is 3. The molecule has 2 aromatic rings. The molecular formula is C21H23N3O3. The molecule has 0 aliphatic heterocycles. The molecule has 2 rings (SSSR count). The molecule has 0 heterocycles. The molecule has 0 saturated heterocycles. The van der Waals surface area contributed by atoms with E-state index in [-0.39, 0.29) is 23.6 Å². The number of amides is 3. The van der Waals surface area contributed by atoms with Crippen LogP contribution in [-0.2, 0) is 9.59 Å². The van der Waals surface area contributed by atoms with Crippen LogP contribution in [0.1, 0.15) is 29.8 Å². The summed E-state index contributed by atoms with van der Waals surface area (Å²) in [6.45, 7) is 3.62. The van der Waals surface area contributed by atoms with Gasteiger partial charge in [-0.1, -0.05) is 32.0 Å². The Labute approximate surface area is 158 Å². The van der Waals surface area contributed by atoms with Gasteiger partial charge in [-0.25, -0.2) is 0 Å². The standard InChI is InChI=1S/C21H23N3O3/c1-14(2)20(26)24-18-6-4-5-17(13-18)23-19(25)12-9-15-7-10-16(11-8-15)21(27)22-3/h4-14H,1-3H3,(H,22,27)(H,23,25)(H,24,26)/b12-9+. The van der Waals surface area contributed by atoms with Crippen LogP contribution in [0, 0.1) is 5.92 Å². The van der Waals surface area contributed by atoms with Gasteiger partial charge in [-0.15, -0.1) is 0 Å². The van der Waals surface area contributed by atoms with E-state index in [9.17, 15) is 14.4 Å². The van der Waals surface area contributed by atoms with Crippen LogP contribution in [0.2, 0.25) is 0 Å². The smallest absolute Gasteiger partial charge is 0.251 e. The summed E-state index contributed by atoms with van der Waals surface area (Å²) in [5.41, 5.74) is 2.57. The quantitative estimate of drug-likeness (QED) is 0.687. The summed E-state index contributed by atoms with van der Waals surface area (Å²) in [6, 6.07) is 13.9. The number of anilines is 2. The highest BCUT2D eigenvalue weighted by atomic mass is 16.2. The minimum Gasteiger partial charge on any atom is -0.355 e. The Hall–Kier alpha value is -3.41. The molecule has 6 heteroatoms. The molecule has 3 N–H and O–H groups in total. The van der Waals surface area contributed by atoms with E-state index in [2.05, 4.69) is 16.0 Å². The molecule has 0 unspecified atom stereocenters. The Morgan fingerprint density at radius 2 is 1.56 bits per heavy atom. The van der Waals surface area contributed by atoms with Crippen LogP contribution in [0.4, 0.5) is 11.4 Å². The largest absolute Gasteiger partial charge is 0.355 e. The average Bonchev–Trinajstić information content (AvgIpc) is 2.66. The Bertz CT molecular complexity index is 855. The second kappa shape index (κ2) is 9.33. The molecule has 3 amide bonds. The molecule has 0 bridgehead atoms. The van der Waals surface area contributed by atoms with Crippen molar-refractivity contribution in [1.29, 1.82) is 0 Å². The van der Waals surface area contributed by atoms with Crippen molar-refractivity contribution in [2.45, 2.75) is 13.8 Å². The molecule has 6 nitrogen and oxygen atoms in total. The summed E-state index contributed by atoms with van der Waals surface area (Å²) in [5, 5.41) is 8.10. The third-order valence-electron chi connectivity index (χ3n) is 3.75. The molecule has 0 saturated carbocycles. The first kappa shape index (κ1) is 19.9. The fraction of sp³-hybridized carbons (Fsp3) is 0.190. The van der Waals surface area contributed by atoms with E-state index in [4.69, 9.17) is 0 Å². The molecular weight excluding hydrogens is 342 g/mol. The topological polar surface area (TPSA) is 87.3 Å². The maximum Gasteiger partial charge on any atom is 0.251 e. The van der Waals surface area contributed by atoms with Crippen LogP contribution >= 0.6 is 0 Å². The van der Waals surface area contributed by atoms with E-state index < -0.39 is 0 Å². The zero-order chi connectivity index (χ0) is 19.8. The highest BCUT2D eigenvalue weighted by molar-refractivity contribution is 6.02. The maximum atomic E-state index is 12.1. The molecule has 0 spiro atoms. The highest BCUT2D eigenvalue weighted by Crippen LogP contribution is 2.16. The van der Waals surface area contributed by atoms with Crippen LogP contribution < -0.4 is 16.0 Å². The number of benzene rings is 2. The number of hydrogen-bond acceptors (Lipinski definition) is 3. The van der Waals surface area contributed by atoms with Gasteiger partial charge in [0, 0.05) is 36.0 Å². The number of carbonyl (C=O) groups excluding carboxylic acids is 3. The Morgan fingerprint density at radius 1 is 0.926 bits per heavy atom. The van der Waals surface area contributed by atoms with Gasteiger partial charge in [-0.2, -0.15) is 0 Å². The number of hydrogen-bond donors (Lipinski definition) is 3. The van der Waals surface area contributed by atoms with Gasteiger partial charge in [0.15, 0.2) is 0 Å². The van der Waals surface area contributed by atoms with Crippen molar-refractivity contribution < 1.29 is 14.4 Å². The first-order valence-corrected chi connectivity index (χ1v) is 8.61. The minimum atomic E-state index is -0.294. The molecule has 0 aliphatic carbocycles. The fourth-order valence-corrected chi connectivity index (χ4v) is 2.21. The molecule has 0 aliphatic rings. The Kier molecular flexibility index (Phi) is 6.88. The summed E-state index contributed by atoms with van der Waals surface area (Å²) >= 11 is 0. The predicted molar refractivity (Wildman–Crippen MR) is 107 cm³/mol. The number of rotatable bonds is 6. The van der Waals surface area contributed by atoms with Crippen LogP contribution in [0.15, 0.2) is 54.6 Å². The van der Waals surface area contributed by atoms with Crippen molar-refractivity contribution >= 4 is 35.2 Å². The van der Waals surface area contributed by atoms with E-state index in [0.717, 1.165) is 5.56 Å². The number of nitrogens with one attached hydrogen (secondary N) is 3. The second-order valence-corrected chi connectivity index (χ2v) is 6.25. The SMILES string of the molecule is CNC(=O)c1ccc(/C=C/C(=O)Nc2cccc(NC(=O)C(C)C)c2)cc1. The molecule has 2 aromatic carbocycles. The Balaban J connectivity index is 1.98. The van der Waals surface area contributed by atoms with E-state index in [1.54, 1.807) is 61.7 Å². The molecule has 0 radical (unpaired) electrons. The molecule has 27 heavy (non-hydrogen) atoms. The lowest BCUT2D eigenvalue weighted by Gasteiger charge is -2.09. The van der Waals surface area contributed by atoms with E-state index in [1.807, 2.05) is 13.8 Å². The van der Waals surface area contributed by atoms with E-state index >= 15 is 0 Å². The normalized spacial score (nSPS) is 10.7. The van der Waals surface area contributed by atoms with Crippen molar-refractivity contribution in [2.75, 3.05) is 17.7 Å². The van der Waals surface area contributed by atoms with Crippen molar-refractivity contribution in [3.05, 3.63) is 65.7 Å². The maximum absolute atomic E-state index is 12.1. The third-order valence-corrected chi connectivity index (χ3v) is 3.75. The van der Waals surface area contributed by atoms with Crippen LogP contribution in [-0.4, -0.2) is 24.8 Å². The van der Waals surface area contributed by atoms with Gasteiger partial charge < -0.3 is 16.0 Å². The summed E-state index contributed by atoms with van der Waals surface area (Å²) in [5.74, 6) is -0.662. The third kappa shape index (κ3) is 6.11. The summed E-state index contributed by atoms with van der Waals surface area (Å²) in [6.07, 6.45) is 3.07. The van der Waals surface area contributed by atoms with Gasteiger partial charge in [0.2, 0.25) is 11.8 Å². The average molecular weight is 365 g/mol. The Morgan fingerprint density at radius 3 is 2.15 bits per heavy atom. The van der Waals surface area contributed by atoms with Gasteiger partial charge in [-0.05, 0) is 42.0 Å². The molecule has 0 fully saturated rings. The summed E-state index contributed by atoms with van der Waals surface area (Å²) < 4.78 is 0. The van der Waals surface area contributed by atoms with Crippen LogP contribution in [0.3, 0.4) is 0 Å². The summed E-state index contributed by atoms with van der Waals surface area (Å²) in [7, 11) is 1.57. The molecule has 140 valence electrons. The monoisotopic (exact) mass is 365 g/mol. The fourth-order valence-electron chi connectivity index (χ4n) is 2.21. The van der Waals surface area contributed by atoms with Crippen molar-refractivity contribution in [3.63, 3.8) is 0 Å². The van der Waals surface area contributed by atoms with Gasteiger partial charge in [0.25, 0.3) is 5.91 Å². The zero-order valence-corrected chi connectivity index (χ0v) is 15.6.